The van der Waals surface area contributed by atoms with Crippen molar-refractivity contribution in [3.63, 3.8) is 0 Å². The minimum atomic E-state index is -7.22. The maximum absolute atomic E-state index is 15.4. The van der Waals surface area contributed by atoms with Gasteiger partial charge in [0.25, 0.3) is 0 Å². The van der Waals surface area contributed by atoms with E-state index >= 15 is 35.1 Å². The van der Waals surface area contributed by atoms with Gasteiger partial charge in [-0.05, 0) is 46.8 Å². The molecule has 0 saturated heterocycles. The molecule has 1 heterocycles. The van der Waals surface area contributed by atoms with Crippen molar-refractivity contribution in [2.24, 2.45) is 4.99 Å². The summed E-state index contributed by atoms with van der Waals surface area (Å²) in [5, 5.41) is 5.47. The van der Waals surface area contributed by atoms with Gasteiger partial charge in [0.15, 0.2) is 69.8 Å². The monoisotopic (exact) mass is 1390 g/mol. The summed E-state index contributed by atoms with van der Waals surface area (Å²) in [6, 6.07) is 37.8. The largest absolute Gasteiger partial charge is 4.00 e. The van der Waals surface area contributed by atoms with Gasteiger partial charge in [-0.15, -0.1) is 51.4 Å². The molecule has 0 saturated carbocycles. The Balaban J connectivity index is 0.000000265. The third-order valence-electron chi connectivity index (χ3n) is 15.1. The molecule has 9 rings (SSSR count). The molecule has 0 spiro atoms. The number of hydrogen-bond acceptors (Lipinski definition) is 1. The van der Waals surface area contributed by atoms with E-state index in [4.69, 9.17) is 15.3 Å². The van der Waals surface area contributed by atoms with Crippen LogP contribution in [0.15, 0.2) is 114 Å². The fourth-order valence-electron chi connectivity index (χ4n) is 10.7. The molecule has 93 heavy (non-hydrogen) atoms. The van der Waals surface area contributed by atoms with E-state index in [0.717, 1.165) is 34.7 Å². The van der Waals surface area contributed by atoms with E-state index in [1.807, 2.05) is 36.5 Å². The summed E-state index contributed by atoms with van der Waals surface area (Å²) >= 11 is 0. The van der Waals surface area contributed by atoms with Crippen molar-refractivity contribution in [1.29, 1.82) is 0 Å². The van der Waals surface area contributed by atoms with Gasteiger partial charge in [-0.1, -0.05) is 151 Å². The number of benzene rings is 8. The van der Waals surface area contributed by atoms with Crippen LogP contribution in [0.4, 0.5) is 99.2 Å². The van der Waals surface area contributed by atoms with Crippen LogP contribution in [0.5, 0.6) is 0 Å². The molecule has 0 aliphatic rings. The fraction of sp³-hybridized carbons (Fsp3) is 0.206. The second-order valence-corrected chi connectivity index (χ2v) is 22.4. The van der Waals surface area contributed by atoms with Gasteiger partial charge in [-0.3, -0.25) is 4.99 Å². The van der Waals surface area contributed by atoms with Gasteiger partial charge < -0.3 is 10.3 Å². The maximum atomic E-state index is 15.4. The van der Waals surface area contributed by atoms with Crippen molar-refractivity contribution in [3.05, 3.63) is 283 Å². The first-order chi connectivity index (χ1) is 43.2. The van der Waals surface area contributed by atoms with Crippen LogP contribution in [0.1, 0.15) is 130 Å². The molecule has 0 bridgehead atoms. The third-order valence-corrected chi connectivity index (χ3v) is 15.1. The number of hydrogen-bond donors (Lipinski definition) is 0. The predicted molar refractivity (Wildman–Crippen MR) is 312 cm³/mol. The Labute approximate surface area is 541 Å². The molecule has 0 amide bonds. The van der Waals surface area contributed by atoms with E-state index in [9.17, 15) is 52.7 Å². The van der Waals surface area contributed by atoms with E-state index in [1.54, 1.807) is 0 Å². The summed E-state index contributed by atoms with van der Waals surface area (Å²) in [6.45, 7) is 21.6. The van der Waals surface area contributed by atoms with Gasteiger partial charge in [0.1, 0.15) is 52.7 Å². The Kier molecular flexibility index (Phi) is 24.1. The molecule has 0 fully saturated rings. The number of para-hydroxylation sites is 2. The second-order valence-electron chi connectivity index (χ2n) is 22.4. The first-order valence-corrected chi connectivity index (χ1v) is 28.0. The molecule has 1 unspecified atom stereocenters. The van der Waals surface area contributed by atoms with E-state index in [-0.39, 0.29) is 32.2 Å². The van der Waals surface area contributed by atoms with Crippen LogP contribution in [0.2, 0.25) is 0 Å². The summed E-state index contributed by atoms with van der Waals surface area (Å²) in [6.07, 6.45) is -4.49. The third kappa shape index (κ3) is 14.4. The van der Waals surface area contributed by atoms with E-state index < -0.39 is 144 Å². The molecule has 3 nitrogen and oxygen atoms in total. The molecule has 0 radical (unpaired) electrons. The molecular formula is C68H52BF20N3Zr. The SMILES string of the molecule is CC(C)c1cccc(C(C)C)c1N=Cc1ccc(C(Cc2ccccc2)[N-]c2c(C(C)C)cccc2C(C)C)[n-]1.Fc1c(F)c(F)c([B-](c2c(F)c(F)c(F)c(F)c2F)(c2c(F)c(F)c(F)c(F)c2F)c2c(F)c(F)c(F)c(F)c2F)c(F)c1F.[CH2-]c1ccccc1.[Zr+4]. The topological polar surface area (TPSA) is 40.6 Å². The average Bonchev–Trinajstić information content (AvgIpc) is 0.879. The second kappa shape index (κ2) is 30.3. The van der Waals surface area contributed by atoms with Crippen LogP contribution in [0.3, 0.4) is 0 Å². The average molecular weight is 1390 g/mol. The Morgan fingerprint density at radius 3 is 0.957 bits per heavy atom. The number of aliphatic imine (C=N–C) groups is 1. The van der Waals surface area contributed by atoms with Crippen molar-refractivity contribution in [1.82, 2.24) is 4.98 Å². The van der Waals surface area contributed by atoms with Crippen LogP contribution in [0.25, 0.3) is 5.32 Å². The van der Waals surface area contributed by atoms with Gasteiger partial charge in [0.05, 0.1) is 5.69 Å². The van der Waals surface area contributed by atoms with Crippen molar-refractivity contribution in [2.45, 2.75) is 91.5 Å². The molecule has 0 aliphatic heterocycles. The molecular weight excluding hydrogens is 1340 g/mol. The van der Waals surface area contributed by atoms with Crippen LogP contribution in [-0.2, 0) is 32.6 Å². The minimum Gasteiger partial charge on any atom is -0.679 e. The number of aromatic nitrogens is 1. The Morgan fingerprint density at radius 2 is 0.667 bits per heavy atom. The van der Waals surface area contributed by atoms with Crippen molar-refractivity contribution in [3.8, 4) is 0 Å². The van der Waals surface area contributed by atoms with Crippen molar-refractivity contribution in [2.75, 3.05) is 0 Å². The Hall–Kier alpha value is -8.07. The number of nitrogens with zero attached hydrogens (tertiary/aromatic N) is 3. The van der Waals surface area contributed by atoms with Crippen molar-refractivity contribution < 1.29 is 114 Å². The molecule has 9 aromatic rings. The molecule has 1 aromatic heterocycles. The zero-order valence-electron chi connectivity index (χ0n) is 50.2. The summed E-state index contributed by atoms with van der Waals surface area (Å²) in [5.41, 5.74) is -2.79. The first-order valence-electron chi connectivity index (χ1n) is 28.0. The van der Waals surface area contributed by atoms with Gasteiger partial charge in [-0.25, -0.2) is 87.8 Å². The van der Waals surface area contributed by atoms with Crippen LogP contribution in [-0.4, -0.2) is 12.4 Å². The minimum absolute atomic E-state index is 0. The van der Waals surface area contributed by atoms with Crippen LogP contribution < -0.4 is 26.8 Å². The quantitative estimate of drug-likeness (QED) is 0.0252. The molecule has 0 aliphatic carbocycles. The van der Waals surface area contributed by atoms with Gasteiger partial charge in [0, 0.05) is 6.21 Å². The van der Waals surface area contributed by atoms with E-state index in [0.29, 0.717) is 23.7 Å². The van der Waals surface area contributed by atoms with E-state index in [2.05, 4.69) is 141 Å². The predicted octanol–water partition coefficient (Wildman–Crippen LogP) is 18.6. The van der Waals surface area contributed by atoms with Gasteiger partial charge in [0.2, 0.25) is 0 Å². The zero-order chi connectivity index (χ0) is 68.3. The molecule has 25 heteroatoms. The zero-order valence-corrected chi connectivity index (χ0v) is 52.7. The van der Waals surface area contributed by atoms with Crippen LogP contribution >= 0.6 is 0 Å². The summed E-state index contributed by atoms with van der Waals surface area (Å²) in [5.74, 6) is -69.8. The maximum Gasteiger partial charge on any atom is 4.00 e. The standard InChI is InChI=1S/C37H45N3.C24BF20.C7H7.Zr/c1-24(2)30-16-12-17-31(25(3)4)36(30)38-23-29-20-21-34(39-29)35(22-28-14-10-9-11-15-28)40-37-32(26(5)6)18-13-19-33(37)27(7)8;26-5-1(6(27)14(35)21(42)13(5)34)25(2-7(28)15(36)22(43)16(37)8(2)29,3-9(30)17(38)23(44)18(39)10(3)31)4-11(32)19(40)24(45)20(41)12(4)33;1-7-5-3-2-4-6-7;/h9-21,23-27,35H,22H2,1-8H3;;2-6H,1H2;/q-2;2*-1;+4. The Morgan fingerprint density at radius 1 is 0.376 bits per heavy atom. The fourth-order valence-corrected chi connectivity index (χ4v) is 10.7. The molecule has 8 aromatic carbocycles. The van der Waals surface area contributed by atoms with E-state index in [1.165, 1.54) is 27.8 Å². The Bertz CT molecular complexity index is 3780. The molecule has 486 valence electrons. The van der Waals surface area contributed by atoms with Crippen LogP contribution in [0, 0.1) is 123 Å². The summed E-state index contributed by atoms with van der Waals surface area (Å²) < 4.78 is 294. The smallest absolute Gasteiger partial charge is 0.679 e. The van der Waals surface area contributed by atoms with Gasteiger partial charge in [-0.2, -0.15) is 30.3 Å². The van der Waals surface area contributed by atoms with Crippen molar-refractivity contribution >= 4 is 45.6 Å². The van der Waals surface area contributed by atoms with Gasteiger partial charge >= 0.3 is 26.2 Å². The number of rotatable bonds is 15. The first kappa shape index (κ1) is 74.0. The summed E-state index contributed by atoms with van der Waals surface area (Å²) in [4.78, 5) is 10.1. The molecule has 1 atom stereocenters. The number of halogens is 20. The normalized spacial score (nSPS) is 12.0. The summed E-state index contributed by atoms with van der Waals surface area (Å²) in [7, 11) is 0. The molecule has 0 N–H and O–H groups in total.